The van der Waals surface area contributed by atoms with E-state index in [1.807, 2.05) is 81.4 Å². The van der Waals surface area contributed by atoms with Crippen molar-refractivity contribution in [3.8, 4) is 11.8 Å². The molecule has 3 nitrogen and oxygen atoms in total. The molecule has 2 aromatic carbocycles. The average molecular weight is 346 g/mol. The van der Waals surface area contributed by atoms with Crippen molar-refractivity contribution in [1.82, 2.24) is 0 Å². The third-order valence-electron chi connectivity index (χ3n) is 4.03. The number of rotatable bonds is 2. The van der Waals surface area contributed by atoms with Crippen LogP contribution in [-0.4, -0.2) is 11.4 Å². The highest BCUT2D eigenvalue weighted by Gasteiger charge is 2.44. The standard InChI is InChI=1S/C23H22O3/c1-22(2,3)25-26-23(4)20-13-9-8-12-18(20)16-19(21(23)24)15-14-17-10-6-5-7-11-17/h5-13,16H,1-4H3. The van der Waals surface area contributed by atoms with Crippen LogP contribution in [0.1, 0.15) is 44.4 Å². The van der Waals surface area contributed by atoms with Crippen LogP contribution in [0, 0.1) is 11.8 Å². The SMILES string of the molecule is CC(C)(C)OOC1(C)C(=O)C(C#Cc2ccccc2)=Cc2ccccc21. The topological polar surface area (TPSA) is 35.5 Å². The molecule has 3 heteroatoms. The van der Waals surface area contributed by atoms with Crippen LogP contribution in [0.2, 0.25) is 0 Å². The molecule has 1 aliphatic carbocycles. The van der Waals surface area contributed by atoms with E-state index in [4.69, 9.17) is 9.78 Å². The van der Waals surface area contributed by atoms with Crippen molar-refractivity contribution in [2.75, 3.05) is 0 Å². The van der Waals surface area contributed by atoms with Gasteiger partial charge in [-0.1, -0.05) is 54.3 Å². The Morgan fingerprint density at radius 2 is 1.58 bits per heavy atom. The average Bonchev–Trinajstić information content (AvgIpc) is 2.62. The summed E-state index contributed by atoms with van der Waals surface area (Å²) in [5.74, 6) is 5.85. The van der Waals surface area contributed by atoms with Crippen LogP contribution >= 0.6 is 0 Å². The molecule has 0 saturated carbocycles. The quantitative estimate of drug-likeness (QED) is 0.450. The van der Waals surface area contributed by atoms with E-state index in [9.17, 15) is 4.79 Å². The molecule has 0 N–H and O–H groups in total. The fourth-order valence-electron chi connectivity index (χ4n) is 2.70. The number of hydrogen-bond acceptors (Lipinski definition) is 3. The lowest BCUT2D eigenvalue weighted by Crippen LogP contribution is -2.41. The predicted octanol–water partition coefficient (Wildman–Crippen LogP) is 4.67. The van der Waals surface area contributed by atoms with Gasteiger partial charge in [0.05, 0.1) is 11.2 Å². The third kappa shape index (κ3) is 3.77. The first-order chi connectivity index (χ1) is 12.3. The van der Waals surface area contributed by atoms with Crippen molar-refractivity contribution in [1.29, 1.82) is 0 Å². The lowest BCUT2D eigenvalue weighted by atomic mass is 9.79. The minimum atomic E-state index is -1.24. The smallest absolute Gasteiger partial charge is 0.210 e. The molecule has 0 aliphatic heterocycles. The maximum Gasteiger partial charge on any atom is 0.210 e. The Kier molecular flexibility index (Phi) is 4.82. The minimum Gasteiger partial charge on any atom is -0.290 e. The molecule has 0 spiro atoms. The largest absolute Gasteiger partial charge is 0.290 e. The van der Waals surface area contributed by atoms with Crippen molar-refractivity contribution in [2.24, 2.45) is 0 Å². The van der Waals surface area contributed by atoms with Gasteiger partial charge in [0.15, 0.2) is 5.60 Å². The summed E-state index contributed by atoms with van der Waals surface area (Å²) < 4.78 is 0. The van der Waals surface area contributed by atoms with Gasteiger partial charge < -0.3 is 0 Å². The maximum atomic E-state index is 13.2. The molecular formula is C23H22O3. The number of ketones is 1. The fraction of sp³-hybridized carbons (Fsp3) is 0.261. The third-order valence-corrected chi connectivity index (χ3v) is 4.03. The highest BCUT2D eigenvalue weighted by atomic mass is 17.2. The van der Waals surface area contributed by atoms with Crippen molar-refractivity contribution in [3.05, 3.63) is 76.9 Å². The summed E-state index contributed by atoms with van der Waals surface area (Å²) in [4.78, 5) is 24.4. The van der Waals surface area contributed by atoms with Crippen molar-refractivity contribution in [2.45, 2.75) is 38.9 Å². The highest BCUT2D eigenvalue weighted by molar-refractivity contribution is 6.11. The van der Waals surface area contributed by atoms with Gasteiger partial charge in [0.25, 0.3) is 0 Å². The van der Waals surface area contributed by atoms with Gasteiger partial charge in [0.1, 0.15) is 0 Å². The summed E-state index contributed by atoms with van der Waals surface area (Å²) in [6, 6.07) is 17.2. The Hall–Kier alpha value is -2.67. The van der Waals surface area contributed by atoms with Crippen molar-refractivity contribution in [3.63, 3.8) is 0 Å². The second-order valence-corrected chi connectivity index (χ2v) is 7.40. The Morgan fingerprint density at radius 1 is 0.923 bits per heavy atom. The van der Waals surface area contributed by atoms with Crippen LogP contribution in [-0.2, 0) is 20.2 Å². The van der Waals surface area contributed by atoms with E-state index >= 15 is 0 Å². The van der Waals surface area contributed by atoms with Gasteiger partial charge in [0.2, 0.25) is 5.78 Å². The van der Waals surface area contributed by atoms with Gasteiger partial charge in [0, 0.05) is 11.1 Å². The number of carbonyl (C=O) groups excluding carboxylic acids is 1. The molecular weight excluding hydrogens is 324 g/mol. The maximum absolute atomic E-state index is 13.2. The molecule has 26 heavy (non-hydrogen) atoms. The van der Waals surface area contributed by atoms with Gasteiger partial charge in [-0.25, -0.2) is 9.78 Å². The summed E-state index contributed by atoms with van der Waals surface area (Å²) in [5.41, 5.74) is 1.18. The second-order valence-electron chi connectivity index (χ2n) is 7.40. The highest BCUT2D eigenvalue weighted by Crippen LogP contribution is 2.38. The van der Waals surface area contributed by atoms with Crippen LogP contribution < -0.4 is 0 Å². The molecule has 1 unspecified atom stereocenters. The zero-order valence-electron chi connectivity index (χ0n) is 15.5. The molecule has 0 fully saturated rings. The fourth-order valence-corrected chi connectivity index (χ4v) is 2.70. The van der Waals surface area contributed by atoms with E-state index in [1.54, 1.807) is 6.92 Å². The molecule has 0 amide bonds. The first kappa shape index (κ1) is 18.1. The predicted molar refractivity (Wildman–Crippen MR) is 102 cm³/mol. The van der Waals surface area contributed by atoms with Gasteiger partial charge in [-0.3, -0.25) is 4.79 Å². The van der Waals surface area contributed by atoms with E-state index < -0.39 is 11.2 Å². The zero-order chi connectivity index (χ0) is 18.8. The van der Waals surface area contributed by atoms with E-state index in [2.05, 4.69) is 11.8 Å². The number of benzene rings is 2. The Bertz CT molecular complexity index is 908. The monoisotopic (exact) mass is 346 g/mol. The summed E-state index contributed by atoms with van der Waals surface area (Å²) in [5, 5.41) is 0. The Morgan fingerprint density at radius 3 is 2.27 bits per heavy atom. The molecule has 3 rings (SSSR count). The molecule has 0 bridgehead atoms. The Labute approximate surface area is 154 Å². The van der Waals surface area contributed by atoms with Gasteiger partial charge in [-0.2, -0.15) is 0 Å². The van der Waals surface area contributed by atoms with E-state index in [1.165, 1.54) is 0 Å². The van der Waals surface area contributed by atoms with Crippen LogP contribution in [0.5, 0.6) is 0 Å². The summed E-state index contributed by atoms with van der Waals surface area (Å²) in [6.07, 6.45) is 1.82. The number of fused-ring (bicyclic) bond motifs is 1. The summed E-state index contributed by atoms with van der Waals surface area (Å²) in [6.45, 7) is 7.36. The second kappa shape index (κ2) is 6.92. The number of Topliss-reactive ketones (excluding diaryl/α,β-unsaturated/α-hetero) is 1. The van der Waals surface area contributed by atoms with Crippen molar-refractivity contribution >= 4 is 11.9 Å². The Balaban J connectivity index is 2.02. The first-order valence-electron chi connectivity index (χ1n) is 8.59. The lowest BCUT2D eigenvalue weighted by molar-refractivity contribution is -0.394. The van der Waals surface area contributed by atoms with E-state index in [-0.39, 0.29) is 5.78 Å². The van der Waals surface area contributed by atoms with Crippen LogP contribution in [0.3, 0.4) is 0 Å². The van der Waals surface area contributed by atoms with Gasteiger partial charge in [-0.15, -0.1) is 0 Å². The molecule has 0 aromatic heterocycles. The molecule has 0 saturated heterocycles. The van der Waals surface area contributed by atoms with Crippen molar-refractivity contribution < 1.29 is 14.6 Å². The molecule has 132 valence electrons. The van der Waals surface area contributed by atoms with E-state index in [0.29, 0.717) is 5.57 Å². The van der Waals surface area contributed by atoms with E-state index in [0.717, 1.165) is 16.7 Å². The number of hydrogen-bond donors (Lipinski definition) is 0. The zero-order valence-corrected chi connectivity index (χ0v) is 15.5. The number of carbonyl (C=O) groups is 1. The summed E-state index contributed by atoms with van der Waals surface area (Å²) in [7, 11) is 0. The molecule has 0 radical (unpaired) electrons. The van der Waals surface area contributed by atoms with Gasteiger partial charge in [-0.05, 0) is 51.5 Å². The normalized spacial score (nSPS) is 19.2. The minimum absolute atomic E-state index is 0.205. The molecule has 2 aromatic rings. The van der Waals surface area contributed by atoms with Gasteiger partial charge >= 0.3 is 0 Å². The van der Waals surface area contributed by atoms with Crippen LogP contribution in [0.25, 0.3) is 6.08 Å². The summed E-state index contributed by atoms with van der Waals surface area (Å²) >= 11 is 0. The molecule has 1 aliphatic rings. The van der Waals surface area contributed by atoms with Crippen LogP contribution in [0.4, 0.5) is 0 Å². The molecule has 0 heterocycles. The van der Waals surface area contributed by atoms with Crippen LogP contribution in [0.15, 0.2) is 60.2 Å². The molecule has 1 atom stereocenters. The first-order valence-corrected chi connectivity index (χ1v) is 8.59. The lowest BCUT2D eigenvalue weighted by Gasteiger charge is -2.34.